The van der Waals surface area contributed by atoms with E-state index in [9.17, 15) is 27.6 Å². The number of ketones is 1. The molecular weight excluding hydrogens is 501 g/mol. The summed E-state index contributed by atoms with van der Waals surface area (Å²) in [5.74, 6) is -1.71. The third-order valence-electron chi connectivity index (χ3n) is 5.96. The van der Waals surface area contributed by atoms with Gasteiger partial charge >= 0.3 is 12.3 Å². The number of amides is 1. The van der Waals surface area contributed by atoms with Crippen LogP contribution in [-0.4, -0.2) is 36.1 Å². The Labute approximate surface area is 216 Å². The molecule has 38 heavy (non-hydrogen) atoms. The Morgan fingerprint density at radius 1 is 1.08 bits per heavy atom. The number of anilines is 1. The number of carbonyl (C=O) groups excluding carboxylic acids is 3. The second-order valence-corrected chi connectivity index (χ2v) is 8.70. The first-order chi connectivity index (χ1) is 18.0. The van der Waals surface area contributed by atoms with E-state index in [-0.39, 0.29) is 17.8 Å². The molecule has 1 aliphatic rings. The van der Waals surface area contributed by atoms with Crippen LogP contribution < -0.4 is 10.1 Å². The molecule has 0 bridgehead atoms. The van der Waals surface area contributed by atoms with Crippen LogP contribution >= 0.6 is 0 Å². The second kappa shape index (κ2) is 10.9. The number of Topliss-reactive ketones (excluding diaryl/α,β-unsaturated/α-hetero) is 1. The zero-order valence-corrected chi connectivity index (χ0v) is 20.5. The molecule has 0 atom stereocenters. The van der Waals surface area contributed by atoms with E-state index in [1.165, 1.54) is 25.3 Å². The van der Waals surface area contributed by atoms with E-state index in [2.05, 4.69) is 15.0 Å². The average Bonchev–Trinajstić information content (AvgIpc) is 3.30. The lowest BCUT2D eigenvalue weighted by atomic mass is 9.98. The number of hydrogen-bond acceptors (Lipinski definition) is 6. The average molecular weight is 524 g/mol. The molecular formula is C28H23F3N2O5. The minimum absolute atomic E-state index is 0.0336. The van der Waals surface area contributed by atoms with Crippen LogP contribution in [0.15, 0.2) is 60.3 Å². The van der Waals surface area contributed by atoms with E-state index in [4.69, 9.17) is 4.74 Å². The summed E-state index contributed by atoms with van der Waals surface area (Å²) in [5, 5.41) is 2.61. The third kappa shape index (κ3) is 6.44. The van der Waals surface area contributed by atoms with Gasteiger partial charge in [0.05, 0.1) is 12.8 Å². The number of halogens is 3. The van der Waals surface area contributed by atoms with Crippen LogP contribution in [0.1, 0.15) is 49.5 Å². The van der Waals surface area contributed by atoms with Crippen LogP contribution in [-0.2, 0) is 22.4 Å². The molecule has 1 N–H and O–H groups in total. The molecule has 1 aliphatic carbocycles. The van der Waals surface area contributed by atoms with Crippen molar-refractivity contribution in [3.8, 4) is 5.75 Å². The summed E-state index contributed by atoms with van der Waals surface area (Å²) in [6.45, 7) is 1.77. The van der Waals surface area contributed by atoms with Gasteiger partial charge in [-0.1, -0.05) is 12.1 Å². The van der Waals surface area contributed by atoms with Crippen LogP contribution in [0.4, 0.5) is 18.9 Å². The largest absolute Gasteiger partial charge is 0.573 e. The minimum Gasteiger partial charge on any atom is -0.466 e. The van der Waals surface area contributed by atoms with Crippen LogP contribution in [0.2, 0.25) is 0 Å². The molecule has 0 unspecified atom stereocenters. The molecule has 7 nitrogen and oxygen atoms in total. The van der Waals surface area contributed by atoms with E-state index in [0.717, 1.165) is 29.0 Å². The molecule has 0 saturated heterocycles. The highest BCUT2D eigenvalue weighted by Gasteiger charge is 2.31. The quantitative estimate of drug-likeness (QED) is 0.310. The molecule has 3 aromatic rings. The Kier molecular flexibility index (Phi) is 7.61. The minimum atomic E-state index is -4.88. The fourth-order valence-electron chi connectivity index (χ4n) is 4.08. The topological polar surface area (TPSA) is 94.6 Å². The Morgan fingerprint density at radius 3 is 2.61 bits per heavy atom. The standard InChI is InChI=1S/C28H23F3N2O5/c1-16-6-8-21(33-26(35)18-4-3-5-22(12-18)38-28(29,30)31)14-23(16)25(34)9-7-17-10-19-11-20(27(36)37-2)13-24(19)32-15-17/h3-6,8,10-12,14-15H,7,9,13H2,1-2H3,(H,33,35). The van der Waals surface area contributed by atoms with E-state index in [1.54, 1.807) is 31.3 Å². The maximum Gasteiger partial charge on any atom is 0.573 e. The molecule has 4 rings (SSSR count). The van der Waals surface area contributed by atoms with Crippen molar-refractivity contribution in [1.82, 2.24) is 4.98 Å². The molecule has 10 heteroatoms. The number of benzene rings is 2. The number of ether oxygens (including phenoxy) is 2. The van der Waals surface area contributed by atoms with Gasteiger partial charge in [-0.3, -0.25) is 14.6 Å². The van der Waals surface area contributed by atoms with Crippen molar-refractivity contribution in [1.29, 1.82) is 0 Å². The first-order valence-electron chi connectivity index (χ1n) is 11.6. The molecule has 0 saturated carbocycles. The summed E-state index contributed by atoms with van der Waals surface area (Å²) >= 11 is 0. The van der Waals surface area contributed by atoms with Gasteiger partial charge in [-0.05, 0) is 72.5 Å². The summed E-state index contributed by atoms with van der Waals surface area (Å²) in [6, 6.07) is 11.4. The van der Waals surface area contributed by atoms with Gasteiger partial charge in [-0.15, -0.1) is 13.2 Å². The van der Waals surface area contributed by atoms with Crippen molar-refractivity contribution in [3.63, 3.8) is 0 Å². The zero-order chi connectivity index (χ0) is 27.4. The zero-order valence-electron chi connectivity index (χ0n) is 20.5. The van der Waals surface area contributed by atoms with Crippen LogP contribution in [0, 0.1) is 6.92 Å². The van der Waals surface area contributed by atoms with Gasteiger partial charge in [0.2, 0.25) is 0 Å². The van der Waals surface area contributed by atoms with Crippen molar-refractivity contribution in [3.05, 3.63) is 93.8 Å². The van der Waals surface area contributed by atoms with Crippen LogP contribution in [0.5, 0.6) is 5.75 Å². The lowest BCUT2D eigenvalue weighted by molar-refractivity contribution is -0.274. The number of nitrogens with one attached hydrogen (secondary N) is 1. The normalized spacial score (nSPS) is 12.4. The molecule has 1 heterocycles. The number of esters is 1. The van der Waals surface area contributed by atoms with Crippen molar-refractivity contribution < 1.29 is 37.0 Å². The fraction of sp³-hybridized carbons (Fsp3) is 0.214. The summed E-state index contributed by atoms with van der Waals surface area (Å²) in [6.07, 6.45) is -0.453. The van der Waals surface area contributed by atoms with Crippen molar-refractivity contribution in [2.45, 2.75) is 32.5 Å². The van der Waals surface area contributed by atoms with Gasteiger partial charge in [0, 0.05) is 41.4 Å². The van der Waals surface area contributed by atoms with E-state index in [1.807, 2.05) is 6.07 Å². The predicted molar refractivity (Wildman–Crippen MR) is 133 cm³/mol. The molecule has 1 aromatic heterocycles. The second-order valence-electron chi connectivity index (χ2n) is 8.70. The summed E-state index contributed by atoms with van der Waals surface area (Å²) in [5.41, 5.74) is 4.38. The highest BCUT2D eigenvalue weighted by Crippen LogP contribution is 2.26. The molecule has 0 radical (unpaired) electrons. The summed E-state index contributed by atoms with van der Waals surface area (Å²) < 4.78 is 46.1. The highest BCUT2D eigenvalue weighted by atomic mass is 19.4. The van der Waals surface area contributed by atoms with E-state index < -0.39 is 24.0 Å². The smallest absolute Gasteiger partial charge is 0.466 e. The Morgan fingerprint density at radius 2 is 1.87 bits per heavy atom. The third-order valence-corrected chi connectivity index (χ3v) is 5.96. The van der Waals surface area contributed by atoms with Gasteiger partial charge in [0.15, 0.2) is 5.78 Å². The maximum absolute atomic E-state index is 13.0. The molecule has 196 valence electrons. The lowest BCUT2D eigenvalue weighted by Crippen LogP contribution is -2.18. The number of fused-ring (bicyclic) bond motifs is 1. The van der Waals surface area contributed by atoms with Crippen molar-refractivity contribution in [2.75, 3.05) is 12.4 Å². The number of aryl methyl sites for hydroxylation is 2. The molecule has 0 spiro atoms. The van der Waals surface area contributed by atoms with Crippen LogP contribution in [0.3, 0.4) is 0 Å². The highest BCUT2D eigenvalue weighted by molar-refractivity contribution is 6.05. The molecule has 2 aromatic carbocycles. The number of nitrogens with zero attached hydrogens (tertiary/aromatic N) is 1. The SMILES string of the molecule is COC(=O)C1=Cc2cc(CCC(=O)c3cc(NC(=O)c4cccc(OC(F)(F)F)c4)ccc3C)cnc2C1. The first kappa shape index (κ1) is 26.6. The fourth-order valence-corrected chi connectivity index (χ4v) is 4.08. The Balaban J connectivity index is 1.42. The van der Waals surface area contributed by atoms with Crippen molar-refractivity contribution >= 4 is 29.4 Å². The maximum atomic E-state index is 13.0. The van der Waals surface area contributed by atoms with Gasteiger partial charge in [-0.25, -0.2) is 4.79 Å². The molecule has 0 aliphatic heterocycles. The monoisotopic (exact) mass is 524 g/mol. The van der Waals surface area contributed by atoms with E-state index in [0.29, 0.717) is 35.2 Å². The van der Waals surface area contributed by atoms with Gasteiger partial charge < -0.3 is 14.8 Å². The number of rotatable bonds is 8. The summed E-state index contributed by atoms with van der Waals surface area (Å²) in [4.78, 5) is 41.8. The first-order valence-corrected chi connectivity index (χ1v) is 11.6. The van der Waals surface area contributed by atoms with Crippen LogP contribution in [0.25, 0.3) is 6.08 Å². The lowest BCUT2D eigenvalue weighted by Gasteiger charge is -2.12. The Bertz CT molecular complexity index is 1450. The number of alkyl halides is 3. The number of carbonyl (C=O) groups is 3. The predicted octanol–water partition coefficient (Wildman–Crippen LogP) is 5.47. The van der Waals surface area contributed by atoms with E-state index >= 15 is 0 Å². The number of aromatic nitrogens is 1. The molecule has 0 fully saturated rings. The number of hydrogen-bond donors (Lipinski definition) is 1. The summed E-state index contributed by atoms with van der Waals surface area (Å²) in [7, 11) is 1.32. The van der Waals surface area contributed by atoms with Crippen molar-refractivity contribution in [2.24, 2.45) is 0 Å². The van der Waals surface area contributed by atoms with Gasteiger partial charge in [0.25, 0.3) is 5.91 Å². The molecule has 1 amide bonds. The van der Waals surface area contributed by atoms with Gasteiger partial charge in [0.1, 0.15) is 5.75 Å². The van der Waals surface area contributed by atoms with Gasteiger partial charge in [-0.2, -0.15) is 0 Å². The number of pyridine rings is 1. The Hall–Kier alpha value is -4.47. The number of methoxy groups -OCH3 is 1.